The van der Waals surface area contributed by atoms with Crippen LogP contribution in [-0.4, -0.2) is 44.2 Å². The number of carbonyl (C=O) groups excluding carboxylic acids is 1. The number of esters is 1. The Morgan fingerprint density at radius 1 is 1.04 bits per heavy atom. The zero-order chi connectivity index (χ0) is 19.0. The molecular weight excluding hydrogens is 310 g/mol. The molecule has 1 aliphatic rings. The van der Waals surface area contributed by atoms with Gasteiger partial charge in [-0.05, 0) is 50.4 Å². The van der Waals surface area contributed by atoms with Crippen molar-refractivity contribution in [1.82, 2.24) is 0 Å². The largest absolute Gasteiger partial charge is 0.456 e. The zero-order valence-corrected chi connectivity index (χ0v) is 17.6. The summed E-state index contributed by atoms with van der Waals surface area (Å²) in [4.78, 5) is 11.5. The molecule has 0 aromatic carbocycles. The first-order chi connectivity index (χ1) is 11.6. The molecule has 0 spiro atoms. The number of quaternary nitrogens is 1. The van der Waals surface area contributed by atoms with E-state index < -0.39 is 0 Å². The van der Waals surface area contributed by atoms with Gasteiger partial charge in [0.05, 0.1) is 20.6 Å². The number of nitrogens with zero attached hydrogens (tertiary/aromatic N) is 1. The Labute approximate surface area is 156 Å². The summed E-state index contributed by atoms with van der Waals surface area (Å²) in [5.74, 6) is 3.04. The molecule has 25 heavy (non-hydrogen) atoms. The first kappa shape index (κ1) is 22.2. The van der Waals surface area contributed by atoms with Gasteiger partial charge in [-0.3, -0.25) is 0 Å². The molecular formula is C22H42NO2+. The highest BCUT2D eigenvalue weighted by molar-refractivity contribution is 5.86. The van der Waals surface area contributed by atoms with Crippen LogP contribution in [0.5, 0.6) is 0 Å². The van der Waals surface area contributed by atoms with Gasteiger partial charge in [-0.25, -0.2) is 4.79 Å². The first-order valence-electron chi connectivity index (χ1n) is 10.2. The van der Waals surface area contributed by atoms with E-state index >= 15 is 0 Å². The normalized spacial score (nSPS) is 29.0. The van der Waals surface area contributed by atoms with E-state index in [1.54, 1.807) is 6.92 Å². The van der Waals surface area contributed by atoms with Gasteiger partial charge >= 0.3 is 5.97 Å². The van der Waals surface area contributed by atoms with Crippen molar-refractivity contribution in [2.45, 2.75) is 66.2 Å². The summed E-state index contributed by atoms with van der Waals surface area (Å²) in [5.41, 5.74) is 0.481. The predicted molar refractivity (Wildman–Crippen MR) is 106 cm³/mol. The van der Waals surface area contributed by atoms with Gasteiger partial charge in [-0.2, -0.15) is 0 Å². The Balaban J connectivity index is 2.54. The summed E-state index contributed by atoms with van der Waals surface area (Å²) in [7, 11) is 4.53. The van der Waals surface area contributed by atoms with Gasteiger partial charge in [0.15, 0.2) is 0 Å². The number of hydrogen-bond acceptors (Lipinski definition) is 2. The van der Waals surface area contributed by atoms with Crippen molar-refractivity contribution in [2.24, 2.45) is 23.7 Å². The highest BCUT2D eigenvalue weighted by Gasteiger charge is 2.26. The van der Waals surface area contributed by atoms with Crippen LogP contribution < -0.4 is 0 Å². The van der Waals surface area contributed by atoms with Crippen molar-refractivity contribution in [2.75, 3.05) is 33.8 Å². The molecule has 1 saturated carbocycles. The van der Waals surface area contributed by atoms with Crippen LogP contribution in [0.3, 0.4) is 0 Å². The standard InChI is InChI=1S/C22H42NO2/c1-17(2)22(24)25-12-11-23(6,7)16-21-10-8-9-18(3)13-19(4)14-20(5)15-21/h18-21H,1,8-16H2,2-7H3/q+1. The second-order valence-electron chi connectivity index (χ2n) is 9.58. The summed E-state index contributed by atoms with van der Waals surface area (Å²) >= 11 is 0. The van der Waals surface area contributed by atoms with Gasteiger partial charge in [0.1, 0.15) is 13.2 Å². The van der Waals surface area contributed by atoms with Gasteiger partial charge in [0.25, 0.3) is 0 Å². The van der Waals surface area contributed by atoms with Crippen LogP contribution >= 0.6 is 0 Å². The van der Waals surface area contributed by atoms with E-state index in [4.69, 9.17) is 4.74 Å². The Kier molecular flexibility index (Phi) is 9.20. The molecule has 3 heteroatoms. The second kappa shape index (κ2) is 10.4. The molecule has 1 rings (SSSR count). The van der Waals surface area contributed by atoms with Gasteiger partial charge in [0, 0.05) is 11.5 Å². The Morgan fingerprint density at radius 3 is 2.28 bits per heavy atom. The van der Waals surface area contributed by atoms with Crippen molar-refractivity contribution in [3.63, 3.8) is 0 Å². The van der Waals surface area contributed by atoms with Gasteiger partial charge in [-0.15, -0.1) is 0 Å². The van der Waals surface area contributed by atoms with E-state index in [0.29, 0.717) is 12.2 Å². The molecule has 1 aliphatic carbocycles. The van der Waals surface area contributed by atoms with E-state index in [-0.39, 0.29) is 5.97 Å². The molecule has 0 saturated heterocycles. The lowest BCUT2D eigenvalue weighted by Gasteiger charge is -2.35. The molecule has 1 fully saturated rings. The average Bonchev–Trinajstić information content (AvgIpc) is 2.44. The molecule has 4 unspecified atom stereocenters. The Bertz CT molecular complexity index is 430. The number of hydrogen-bond donors (Lipinski definition) is 0. The maximum absolute atomic E-state index is 11.5. The third-order valence-corrected chi connectivity index (χ3v) is 5.69. The summed E-state index contributed by atoms with van der Waals surface area (Å²) in [5, 5.41) is 0. The monoisotopic (exact) mass is 352 g/mol. The lowest BCUT2D eigenvalue weighted by Crippen LogP contribution is -2.46. The minimum absolute atomic E-state index is 0.268. The van der Waals surface area contributed by atoms with Crippen LogP contribution in [0.25, 0.3) is 0 Å². The van der Waals surface area contributed by atoms with Gasteiger partial charge in [0.2, 0.25) is 0 Å². The Hall–Kier alpha value is -0.830. The van der Waals surface area contributed by atoms with Crippen molar-refractivity contribution in [3.8, 4) is 0 Å². The molecule has 0 bridgehead atoms. The molecule has 4 atom stereocenters. The summed E-state index contributed by atoms with van der Waals surface area (Å²) in [6.07, 6.45) is 8.17. The molecule has 0 N–H and O–H groups in total. The highest BCUT2D eigenvalue weighted by Crippen LogP contribution is 2.31. The summed E-state index contributed by atoms with van der Waals surface area (Å²) in [6, 6.07) is 0. The van der Waals surface area contributed by atoms with Crippen molar-refractivity contribution >= 4 is 5.97 Å². The smallest absolute Gasteiger partial charge is 0.333 e. The minimum atomic E-state index is -0.268. The fourth-order valence-electron chi connectivity index (χ4n) is 4.59. The van der Waals surface area contributed by atoms with Crippen LogP contribution in [0.1, 0.15) is 66.2 Å². The van der Waals surface area contributed by atoms with Crippen LogP contribution in [0, 0.1) is 23.7 Å². The van der Waals surface area contributed by atoms with Gasteiger partial charge < -0.3 is 9.22 Å². The molecule has 0 radical (unpaired) electrons. The lowest BCUT2D eigenvalue weighted by atomic mass is 9.80. The summed E-state index contributed by atoms with van der Waals surface area (Å²) < 4.78 is 6.23. The van der Waals surface area contributed by atoms with Crippen LogP contribution in [0.2, 0.25) is 0 Å². The maximum atomic E-state index is 11.5. The maximum Gasteiger partial charge on any atom is 0.333 e. The third kappa shape index (κ3) is 9.44. The average molecular weight is 353 g/mol. The molecule has 146 valence electrons. The van der Waals surface area contributed by atoms with Crippen LogP contribution in [0.4, 0.5) is 0 Å². The topological polar surface area (TPSA) is 26.3 Å². The minimum Gasteiger partial charge on any atom is -0.456 e. The molecule has 0 aromatic heterocycles. The highest BCUT2D eigenvalue weighted by atomic mass is 16.5. The van der Waals surface area contributed by atoms with E-state index in [2.05, 4.69) is 41.4 Å². The van der Waals surface area contributed by atoms with E-state index in [1.165, 1.54) is 45.1 Å². The fraction of sp³-hybridized carbons (Fsp3) is 0.864. The number of likely N-dealkylation sites (N-methyl/N-ethyl adjacent to an activating group) is 1. The Morgan fingerprint density at radius 2 is 1.64 bits per heavy atom. The number of rotatable bonds is 6. The zero-order valence-electron chi connectivity index (χ0n) is 17.6. The molecule has 3 nitrogen and oxygen atoms in total. The quantitative estimate of drug-likeness (QED) is 0.379. The van der Waals surface area contributed by atoms with Crippen LogP contribution in [0.15, 0.2) is 12.2 Å². The predicted octanol–water partition coefficient (Wildman–Crippen LogP) is 5.06. The van der Waals surface area contributed by atoms with E-state index in [0.717, 1.165) is 34.7 Å². The van der Waals surface area contributed by atoms with Crippen molar-refractivity contribution in [3.05, 3.63) is 12.2 Å². The first-order valence-corrected chi connectivity index (χ1v) is 10.2. The van der Waals surface area contributed by atoms with Crippen LogP contribution in [-0.2, 0) is 9.53 Å². The molecule has 0 aromatic rings. The van der Waals surface area contributed by atoms with Crippen molar-refractivity contribution < 1.29 is 14.0 Å². The lowest BCUT2D eigenvalue weighted by molar-refractivity contribution is -0.894. The fourth-order valence-corrected chi connectivity index (χ4v) is 4.59. The van der Waals surface area contributed by atoms with Crippen molar-refractivity contribution in [1.29, 1.82) is 0 Å². The summed E-state index contributed by atoms with van der Waals surface area (Å²) in [6.45, 7) is 15.2. The molecule has 0 heterocycles. The second-order valence-corrected chi connectivity index (χ2v) is 9.58. The number of ether oxygens (including phenoxy) is 1. The number of carbonyl (C=O) groups is 1. The van der Waals surface area contributed by atoms with E-state index in [1.807, 2.05) is 0 Å². The molecule has 0 amide bonds. The van der Waals surface area contributed by atoms with Gasteiger partial charge in [-0.1, -0.05) is 40.2 Å². The SMILES string of the molecule is C=C(C)C(=O)OCC[N+](C)(C)CC1CCCC(C)CC(C)CC(C)C1. The molecule has 0 aliphatic heterocycles. The third-order valence-electron chi connectivity index (χ3n) is 5.69. The van der Waals surface area contributed by atoms with E-state index in [9.17, 15) is 4.79 Å².